The molecule has 1 fully saturated rings. The number of benzene rings is 2. The number of fused-ring (bicyclic) bond motifs is 1. The van der Waals surface area contributed by atoms with Crippen molar-refractivity contribution in [3.63, 3.8) is 0 Å². The highest BCUT2D eigenvalue weighted by atomic mass is 19.1. The molecule has 3 heterocycles. The second kappa shape index (κ2) is 11.1. The molecule has 6 rings (SSSR count). The Morgan fingerprint density at radius 1 is 1.14 bits per heavy atom. The van der Waals surface area contributed by atoms with E-state index >= 15 is 0 Å². The van der Waals surface area contributed by atoms with Gasteiger partial charge in [0.1, 0.15) is 40.6 Å². The van der Waals surface area contributed by atoms with E-state index in [4.69, 9.17) is 20.2 Å². The number of pyridine rings is 2. The van der Waals surface area contributed by atoms with E-state index in [0.717, 1.165) is 29.7 Å². The third-order valence-corrected chi connectivity index (χ3v) is 8.54. The zero-order valence-corrected chi connectivity index (χ0v) is 24.9. The van der Waals surface area contributed by atoms with Crippen molar-refractivity contribution in [3.8, 4) is 33.9 Å². The van der Waals surface area contributed by atoms with Gasteiger partial charge in [0.15, 0.2) is 5.78 Å². The number of nitrogens with zero attached hydrogens (tertiary/aromatic N) is 2. The number of carbonyl (C=O) groups is 2. The zero-order valence-electron chi connectivity index (χ0n) is 24.9. The predicted octanol–water partition coefficient (Wildman–Crippen LogP) is 5.81. The van der Waals surface area contributed by atoms with Gasteiger partial charge in [0.25, 0.3) is 0 Å². The van der Waals surface area contributed by atoms with Crippen LogP contribution in [0.1, 0.15) is 66.8 Å². The van der Waals surface area contributed by atoms with Crippen LogP contribution in [0.25, 0.3) is 22.4 Å². The fourth-order valence-electron chi connectivity index (χ4n) is 5.45. The Morgan fingerprint density at radius 3 is 2.57 bits per heavy atom. The molecule has 1 aliphatic carbocycles. The van der Waals surface area contributed by atoms with Crippen molar-refractivity contribution >= 4 is 11.7 Å². The van der Waals surface area contributed by atoms with Crippen LogP contribution in [0.2, 0.25) is 0 Å². The van der Waals surface area contributed by atoms with Crippen molar-refractivity contribution in [1.82, 2.24) is 9.97 Å². The average Bonchev–Trinajstić information content (AvgIpc) is 3.76. The van der Waals surface area contributed by atoms with Gasteiger partial charge in [-0.1, -0.05) is 6.07 Å². The van der Waals surface area contributed by atoms with E-state index in [0.29, 0.717) is 33.9 Å². The summed E-state index contributed by atoms with van der Waals surface area (Å²) in [5.41, 5.74) is 7.72. The predicted molar refractivity (Wildman–Crippen MR) is 163 cm³/mol. The van der Waals surface area contributed by atoms with E-state index in [1.165, 1.54) is 12.1 Å². The number of Topliss-reactive ketones (excluding diaryl/α,β-unsaturated/α-hetero) is 1. The summed E-state index contributed by atoms with van der Waals surface area (Å²) in [6, 6.07) is 16.6. The van der Waals surface area contributed by atoms with Crippen LogP contribution in [-0.4, -0.2) is 39.5 Å². The first-order valence-electron chi connectivity index (χ1n) is 14.7. The summed E-state index contributed by atoms with van der Waals surface area (Å²) >= 11 is 0. The quantitative estimate of drug-likeness (QED) is 0.222. The summed E-state index contributed by atoms with van der Waals surface area (Å²) in [5, 5.41) is 11.7. The van der Waals surface area contributed by atoms with E-state index in [1.54, 1.807) is 44.3 Å². The number of hydrogen-bond acceptors (Lipinski definition) is 7. The summed E-state index contributed by atoms with van der Waals surface area (Å²) in [4.78, 5) is 35.2. The molecule has 0 unspecified atom stereocenters. The van der Waals surface area contributed by atoms with Crippen LogP contribution < -0.4 is 15.2 Å². The third-order valence-electron chi connectivity index (χ3n) is 8.54. The van der Waals surface area contributed by atoms with Crippen LogP contribution in [-0.2, 0) is 15.8 Å². The van der Waals surface area contributed by atoms with Crippen molar-refractivity contribution in [2.45, 2.75) is 63.6 Å². The van der Waals surface area contributed by atoms with Gasteiger partial charge in [-0.25, -0.2) is 9.37 Å². The molecule has 2 aliphatic rings. The van der Waals surface area contributed by atoms with E-state index < -0.39 is 22.7 Å². The highest BCUT2D eigenvalue weighted by molar-refractivity contribution is 5.98. The summed E-state index contributed by atoms with van der Waals surface area (Å²) in [6.45, 7) is 5.18. The first kappa shape index (κ1) is 29.4. The van der Waals surface area contributed by atoms with Crippen LogP contribution in [0, 0.1) is 12.7 Å². The number of aliphatic hydroxyl groups is 1. The number of aromatic nitrogens is 2. The van der Waals surface area contributed by atoms with Gasteiger partial charge in [-0.3, -0.25) is 14.6 Å². The molecule has 0 bridgehead atoms. The maximum atomic E-state index is 13.7. The lowest BCUT2D eigenvalue weighted by Crippen LogP contribution is -2.40. The van der Waals surface area contributed by atoms with Gasteiger partial charge >= 0.3 is 0 Å². The molecule has 0 radical (unpaired) electrons. The molecular weight excluding hydrogens is 561 g/mol. The van der Waals surface area contributed by atoms with Crippen molar-refractivity contribution in [1.29, 1.82) is 0 Å². The molecule has 44 heavy (non-hydrogen) atoms. The fourth-order valence-corrected chi connectivity index (χ4v) is 5.45. The summed E-state index contributed by atoms with van der Waals surface area (Å²) in [5.74, 6) is -0.0787. The maximum absolute atomic E-state index is 13.7. The first-order chi connectivity index (χ1) is 21.0. The Balaban J connectivity index is 1.31. The zero-order chi connectivity index (χ0) is 31.2. The molecule has 1 aliphatic heterocycles. The molecule has 9 heteroatoms. The number of carbonyl (C=O) groups excluding carboxylic acids is 2. The highest BCUT2D eigenvalue weighted by Crippen LogP contribution is 2.46. The Morgan fingerprint density at radius 2 is 1.89 bits per heavy atom. The molecule has 0 saturated heterocycles. The van der Waals surface area contributed by atoms with Crippen LogP contribution >= 0.6 is 0 Å². The molecule has 8 nitrogen and oxygen atoms in total. The molecule has 3 N–H and O–H groups in total. The largest absolute Gasteiger partial charge is 0.490 e. The van der Waals surface area contributed by atoms with Crippen LogP contribution in [0.3, 0.4) is 0 Å². The van der Waals surface area contributed by atoms with Gasteiger partial charge in [-0.05, 0) is 94.6 Å². The molecule has 1 amide bonds. The Kier molecular flexibility index (Phi) is 7.45. The topological polar surface area (TPSA) is 125 Å². The minimum atomic E-state index is -1.56. The monoisotopic (exact) mass is 595 g/mol. The number of ketones is 1. The van der Waals surface area contributed by atoms with Crippen LogP contribution in [0.15, 0.2) is 66.9 Å². The molecule has 226 valence electrons. The lowest BCUT2D eigenvalue weighted by atomic mass is 9.81. The molecule has 2 aromatic heterocycles. The maximum Gasteiger partial charge on any atom is 0.231 e. The minimum Gasteiger partial charge on any atom is -0.490 e. The van der Waals surface area contributed by atoms with Crippen LogP contribution in [0.5, 0.6) is 11.5 Å². The number of amides is 1. The number of primary amides is 1. The van der Waals surface area contributed by atoms with E-state index in [-0.39, 0.29) is 37.0 Å². The fraction of sp³-hybridized carbons (Fsp3) is 0.314. The molecule has 2 atom stereocenters. The third kappa shape index (κ3) is 5.55. The lowest BCUT2D eigenvalue weighted by molar-refractivity contribution is -0.123. The normalized spacial score (nSPS) is 18.7. The number of ether oxygens (including phenoxy) is 2. The second-order valence-electron chi connectivity index (χ2n) is 12.1. The number of halogens is 1. The summed E-state index contributed by atoms with van der Waals surface area (Å²) in [6.07, 6.45) is 4.00. The average molecular weight is 596 g/mol. The number of rotatable bonds is 10. The lowest BCUT2D eigenvalue weighted by Gasteiger charge is -2.26. The van der Waals surface area contributed by atoms with Gasteiger partial charge in [0.05, 0.1) is 11.8 Å². The number of hydrogen-bond donors (Lipinski definition) is 2. The minimum absolute atomic E-state index is 0.0107. The SMILES string of the molecule is Cc1ncccc1-c1cc(C(=O)CC[C@](C)(O)c2cc3c(c(-c4ccc(F)cc4)n2)OC[C@]3(C)C(N)=O)ccc1OC1CC1. The Hall–Kier alpha value is -4.63. The summed E-state index contributed by atoms with van der Waals surface area (Å²) in [7, 11) is 0. The van der Waals surface area contributed by atoms with Crippen molar-refractivity contribution < 1.29 is 28.6 Å². The standard InChI is InChI=1S/C35H34FN3O5/c1-20-25(5-4-16-38-20)26-17-22(8-13-29(26)44-24-11-12-24)28(40)14-15-35(3,42)30-18-27-32(43-19-34(27,2)33(37)41)31(39-30)21-6-9-23(36)10-7-21/h4-10,13,16-18,24,42H,11-12,14-15,19H2,1-3H3,(H2,37,41)/t34-,35-/m0/s1. The van der Waals surface area contributed by atoms with Gasteiger partial charge in [0.2, 0.25) is 5.91 Å². The van der Waals surface area contributed by atoms with Crippen LogP contribution in [0.4, 0.5) is 4.39 Å². The molecule has 4 aromatic rings. The molecule has 0 spiro atoms. The summed E-state index contributed by atoms with van der Waals surface area (Å²) < 4.78 is 25.8. The molecule has 2 aromatic carbocycles. The number of nitrogens with two attached hydrogens (primary N) is 1. The second-order valence-corrected chi connectivity index (χ2v) is 12.1. The molecular formula is C35H34FN3O5. The van der Waals surface area contributed by atoms with Gasteiger partial charge in [-0.15, -0.1) is 0 Å². The van der Waals surface area contributed by atoms with E-state index in [1.807, 2.05) is 31.2 Å². The smallest absolute Gasteiger partial charge is 0.231 e. The van der Waals surface area contributed by atoms with Crippen molar-refractivity contribution in [3.05, 3.63) is 95.2 Å². The van der Waals surface area contributed by atoms with Crippen molar-refractivity contribution in [2.24, 2.45) is 5.73 Å². The highest BCUT2D eigenvalue weighted by Gasteiger charge is 2.45. The van der Waals surface area contributed by atoms with Gasteiger partial charge in [-0.2, -0.15) is 0 Å². The van der Waals surface area contributed by atoms with Crippen molar-refractivity contribution in [2.75, 3.05) is 6.61 Å². The van der Waals surface area contributed by atoms with E-state index in [2.05, 4.69) is 4.98 Å². The Bertz CT molecular complexity index is 1770. The first-order valence-corrected chi connectivity index (χ1v) is 14.7. The van der Waals surface area contributed by atoms with Gasteiger partial charge in [0, 0.05) is 46.1 Å². The van der Waals surface area contributed by atoms with Gasteiger partial charge < -0.3 is 20.3 Å². The number of aryl methyl sites for hydroxylation is 1. The molecule has 1 saturated carbocycles. The van der Waals surface area contributed by atoms with E-state index in [9.17, 15) is 19.1 Å². The Labute approximate surface area is 255 Å².